The van der Waals surface area contributed by atoms with Crippen molar-refractivity contribution in [2.45, 2.75) is 6.42 Å². The standard InChI is InChI=1S/C11H12N2S/c12-10-4-3-8(7-11(10)13)6-9-2-1-5-14-9/h1-5,7H,6,12-13H2. The Hall–Kier alpha value is -1.48. The molecule has 0 aliphatic carbocycles. The van der Waals surface area contributed by atoms with Crippen molar-refractivity contribution in [1.29, 1.82) is 0 Å². The van der Waals surface area contributed by atoms with Crippen LogP contribution < -0.4 is 11.5 Å². The third-order valence-corrected chi connectivity index (χ3v) is 2.99. The fraction of sp³-hybridized carbons (Fsp3) is 0.0909. The van der Waals surface area contributed by atoms with Gasteiger partial charge in [0.2, 0.25) is 0 Å². The zero-order chi connectivity index (χ0) is 9.97. The van der Waals surface area contributed by atoms with E-state index in [-0.39, 0.29) is 0 Å². The predicted octanol–water partition coefficient (Wildman–Crippen LogP) is 2.50. The van der Waals surface area contributed by atoms with Crippen molar-refractivity contribution in [3.05, 3.63) is 46.2 Å². The third kappa shape index (κ3) is 1.88. The normalized spacial score (nSPS) is 10.3. The average Bonchev–Trinajstić information content (AvgIpc) is 2.64. The van der Waals surface area contributed by atoms with Crippen molar-refractivity contribution in [2.24, 2.45) is 0 Å². The first-order chi connectivity index (χ1) is 6.75. The van der Waals surface area contributed by atoms with Crippen molar-refractivity contribution in [3.63, 3.8) is 0 Å². The van der Waals surface area contributed by atoms with E-state index in [1.54, 1.807) is 11.3 Å². The highest BCUT2D eigenvalue weighted by Gasteiger charge is 1.99. The molecule has 0 atom stereocenters. The molecular formula is C11H12N2S. The molecule has 72 valence electrons. The first-order valence-electron chi connectivity index (χ1n) is 4.42. The van der Waals surface area contributed by atoms with Crippen LogP contribution in [-0.4, -0.2) is 0 Å². The second kappa shape index (κ2) is 3.72. The first kappa shape index (κ1) is 9.09. The second-order valence-electron chi connectivity index (χ2n) is 3.22. The molecule has 2 nitrogen and oxygen atoms in total. The summed E-state index contributed by atoms with van der Waals surface area (Å²) in [5, 5.41) is 2.08. The summed E-state index contributed by atoms with van der Waals surface area (Å²) in [4.78, 5) is 1.34. The molecule has 2 rings (SSSR count). The number of hydrogen-bond acceptors (Lipinski definition) is 3. The number of rotatable bonds is 2. The van der Waals surface area contributed by atoms with Crippen LogP contribution in [0.5, 0.6) is 0 Å². The van der Waals surface area contributed by atoms with E-state index in [4.69, 9.17) is 11.5 Å². The van der Waals surface area contributed by atoms with E-state index in [0.717, 1.165) is 6.42 Å². The van der Waals surface area contributed by atoms with Gasteiger partial charge in [-0.1, -0.05) is 12.1 Å². The molecule has 3 heteroatoms. The molecule has 0 fully saturated rings. The van der Waals surface area contributed by atoms with Crippen LogP contribution in [0, 0.1) is 0 Å². The summed E-state index contributed by atoms with van der Waals surface area (Å²) < 4.78 is 0. The number of thiophene rings is 1. The van der Waals surface area contributed by atoms with E-state index in [1.807, 2.05) is 18.2 Å². The lowest BCUT2D eigenvalue weighted by molar-refractivity contribution is 1.24. The lowest BCUT2D eigenvalue weighted by Crippen LogP contribution is -1.95. The average molecular weight is 204 g/mol. The molecule has 0 radical (unpaired) electrons. The number of anilines is 2. The van der Waals surface area contributed by atoms with Gasteiger partial charge in [0.05, 0.1) is 11.4 Å². The Kier molecular flexibility index (Phi) is 2.41. The molecule has 1 aromatic heterocycles. The summed E-state index contributed by atoms with van der Waals surface area (Å²) in [6.45, 7) is 0. The molecule has 2 aromatic rings. The van der Waals surface area contributed by atoms with Gasteiger partial charge < -0.3 is 11.5 Å². The molecular weight excluding hydrogens is 192 g/mol. The monoisotopic (exact) mass is 204 g/mol. The van der Waals surface area contributed by atoms with Gasteiger partial charge in [-0.25, -0.2) is 0 Å². The molecule has 0 unspecified atom stereocenters. The fourth-order valence-electron chi connectivity index (χ4n) is 1.35. The quantitative estimate of drug-likeness (QED) is 0.738. The molecule has 0 aliphatic heterocycles. The lowest BCUT2D eigenvalue weighted by atomic mass is 10.1. The zero-order valence-corrected chi connectivity index (χ0v) is 8.55. The van der Waals surface area contributed by atoms with Gasteiger partial charge in [-0.05, 0) is 29.1 Å². The Bertz CT molecular complexity index is 421. The minimum Gasteiger partial charge on any atom is -0.397 e. The van der Waals surface area contributed by atoms with Gasteiger partial charge in [0.15, 0.2) is 0 Å². The Morgan fingerprint density at radius 3 is 2.57 bits per heavy atom. The largest absolute Gasteiger partial charge is 0.397 e. The minimum atomic E-state index is 0.653. The highest BCUT2D eigenvalue weighted by Crippen LogP contribution is 2.20. The van der Waals surface area contributed by atoms with Gasteiger partial charge in [-0.2, -0.15) is 0 Å². The van der Waals surface area contributed by atoms with Crippen LogP contribution in [0.25, 0.3) is 0 Å². The highest BCUT2D eigenvalue weighted by atomic mass is 32.1. The lowest BCUT2D eigenvalue weighted by Gasteiger charge is -2.03. The van der Waals surface area contributed by atoms with Crippen LogP contribution in [0.3, 0.4) is 0 Å². The maximum atomic E-state index is 5.73. The van der Waals surface area contributed by atoms with E-state index in [9.17, 15) is 0 Å². The van der Waals surface area contributed by atoms with Gasteiger partial charge in [-0.3, -0.25) is 0 Å². The Morgan fingerprint density at radius 1 is 1.07 bits per heavy atom. The summed E-state index contributed by atoms with van der Waals surface area (Å²) in [6.07, 6.45) is 0.933. The molecule has 14 heavy (non-hydrogen) atoms. The van der Waals surface area contributed by atoms with Crippen LogP contribution in [0.15, 0.2) is 35.7 Å². The van der Waals surface area contributed by atoms with Gasteiger partial charge >= 0.3 is 0 Å². The summed E-state index contributed by atoms with van der Waals surface area (Å²) in [6, 6.07) is 10.00. The first-order valence-corrected chi connectivity index (χ1v) is 5.30. The number of nitrogen functional groups attached to an aromatic ring is 2. The van der Waals surface area contributed by atoms with Gasteiger partial charge in [-0.15, -0.1) is 11.3 Å². The Labute approximate surface area is 87.2 Å². The molecule has 0 amide bonds. The summed E-state index contributed by atoms with van der Waals surface area (Å²) >= 11 is 1.76. The molecule has 1 aromatic carbocycles. The molecule has 4 N–H and O–H groups in total. The van der Waals surface area contributed by atoms with Crippen molar-refractivity contribution < 1.29 is 0 Å². The van der Waals surface area contributed by atoms with Crippen molar-refractivity contribution in [2.75, 3.05) is 11.5 Å². The van der Waals surface area contributed by atoms with Gasteiger partial charge in [0.25, 0.3) is 0 Å². The van der Waals surface area contributed by atoms with Crippen LogP contribution in [-0.2, 0) is 6.42 Å². The molecule has 0 spiro atoms. The zero-order valence-electron chi connectivity index (χ0n) is 7.73. The smallest absolute Gasteiger partial charge is 0.0550 e. The van der Waals surface area contributed by atoms with Crippen LogP contribution in [0.2, 0.25) is 0 Å². The Balaban J connectivity index is 2.22. The summed E-state index contributed by atoms with van der Waals surface area (Å²) in [7, 11) is 0. The van der Waals surface area contributed by atoms with E-state index in [0.29, 0.717) is 11.4 Å². The number of benzene rings is 1. The van der Waals surface area contributed by atoms with Gasteiger partial charge in [0, 0.05) is 11.3 Å². The molecule has 0 bridgehead atoms. The van der Waals surface area contributed by atoms with Crippen LogP contribution >= 0.6 is 11.3 Å². The van der Waals surface area contributed by atoms with E-state index in [2.05, 4.69) is 17.5 Å². The number of hydrogen-bond donors (Lipinski definition) is 2. The molecule has 1 heterocycles. The minimum absolute atomic E-state index is 0.653. The summed E-state index contributed by atoms with van der Waals surface area (Å²) in [5.74, 6) is 0. The Morgan fingerprint density at radius 2 is 1.93 bits per heavy atom. The highest BCUT2D eigenvalue weighted by molar-refractivity contribution is 7.09. The maximum Gasteiger partial charge on any atom is 0.0550 e. The predicted molar refractivity (Wildman–Crippen MR) is 62.4 cm³/mol. The second-order valence-corrected chi connectivity index (χ2v) is 4.25. The maximum absolute atomic E-state index is 5.73. The molecule has 0 saturated heterocycles. The van der Waals surface area contributed by atoms with Crippen LogP contribution in [0.1, 0.15) is 10.4 Å². The topological polar surface area (TPSA) is 52.0 Å². The SMILES string of the molecule is Nc1ccc(Cc2cccs2)cc1N. The molecule has 0 aliphatic rings. The fourth-order valence-corrected chi connectivity index (χ4v) is 2.09. The van der Waals surface area contributed by atoms with E-state index in [1.165, 1.54) is 10.4 Å². The number of nitrogens with two attached hydrogens (primary N) is 2. The third-order valence-electron chi connectivity index (χ3n) is 2.11. The van der Waals surface area contributed by atoms with Crippen molar-refractivity contribution in [1.82, 2.24) is 0 Å². The van der Waals surface area contributed by atoms with Crippen molar-refractivity contribution in [3.8, 4) is 0 Å². The van der Waals surface area contributed by atoms with Gasteiger partial charge in [0.1, 0.15) is 0 Å². The summed E-state index contributed by atoms with van der Waals surface area (Å²) in [5.41, 5.74) is 13.9. The van der Waals surface area contributed by atoms with Crippen LogP contribution in [0.4, 0.5) is 11.4 Å². The molecule has 0 saturated carbocycles. The van der Waals surface area contributed by atoms with Crippen molar-refractivity contribution >= 4 is 22.7 Å². The van der Waals surface area contributed by atoms with E-state index < -0.39 is 0 Å². The van der Waals surface area contributed by atoms with E-state index >= 15 is 0 Å².